The van der Waals surface area contributed by atoms with E-state index in [1.807, 2.05) is 0 Å². The Morgan fingerprint density at radius 1 is 1.03 bits per heavy atom. The van der Waals surface area contributed by atoms with Crippen LogP contribution in [0.25, 0.3) is 0 Å². The van der Waals surface area contributed by atoms with Gasteiger partial charge in [0.15, 0.2) is 11.5 Å². The molecular weight excluding hydrogens is 484 g/mol. The Labute approximate surface area is 221 Å². The number of amides is 2. The highest BCUT2D eigenvalue weighted by Gasteiger charge is 2.24. The van der Waals surface area contributed by atoms with Crippen molar-refractivity contribution in [1.82, 2.24) is 15.8 Å². The number of hydrazine groups is 1. The highest BCUT2D eigenvalue weighted by Crippen LogP contribution is 2.32. The second-order valence-corrected chi connectivity index (χ2v) is 8.09. The summed E-state index contributed by atoms with van der Waals surface area (Å²) in [6, 6.07) is 14.3. The first-order chi connectivity index (χ1) is 18.3. The first-order valence-corrected chi connectivity index (χ1v) is 11.7. The lowest BCUT2D eigenvalue weighted by Crippen LogP contribution is -2.45. The smallest absolute Gasteiger partial charge is 0.288 e. The van der Waals surface area contributed by atoms with Gasteiger partial charge in [-0.3, -0.25) is 30.8 Å². The number of hydrogen-bond donors (Lipinski definition) is 5. The average Bonchev–Trinajstić information content (AvgIpc) is 2.93. The van der Waals surface area contributed by atoms with Crippen molar-refractivity contribution in [2.24, 2.45) is 5.73 Å². The Balaban J connectivity index is 1.90. The number of nitrogens with zero attached hydrogens (tertiary/aromatic N) is 1. The second-order valence-electron chi connectivity index (χ2n) is 8.09. The number of rotatable bonds is 12. The molecule has 196 valence electrons. The van der Waals surface area contributed by atoms with Crippen LogP contribution in [0.3, 0.4) is 0 Å². The Morgan fingerprint density at radius 2 is 1.71 bits per heavy atom. The van der Waals surface area contributed by atoms with Gasteiger partial charge in [-0.2, -0.15) is 0 Å². The van der Waals surface area contributed by atoms with Crippen LogP contribution in [-0.4, -0.2) is 35.8 Å². The molecule has 0 spiro atoms. The minimum atomic E-state index is -0.956. The van der Waals surface area contributed by atoms with Gasteiger partial charge in [0.1, 0.15) is 30.8 Å². The molecule has 1 atom stereocenters. The van der Waals surface area contributed by atoms with Crippen LogP contribution in [0, 0.1) is 12.3 Å². The number of carbonyl (C=O) groups is 2. The SMILES string of the molecule is C=CCOc1ccc(C(Nc2ccc(C(=N)N)cc2)C(=O)NNC(=O)c2ncccc2C)cc1OCC=C. The number of aromatic nitrogens is 1. The fraction of sp³-hybridized carbons (Fsp3) is 0.143. The molecule has 3 aromatic rings. The lowest BCUT2D eigenvalue weighted by molar-refractivity contribution is -0.122. The van der Waals surface area contributed by atoms with E-state index in [4.69, 9.17) is 20.6 Å². The third kappa shape index (κ3) is 7.20. The maximum absolute atomic E-state index is 13.4. The van der Waals surface area contributed by atoms with Crippen molar-refractivity contribution < 1.29 is 19.1 Å². The third-order valence-electron chi connectivity index (χ3n) is 5.31. The van der Waals surface area contributed by atoms with Crippen LogP contribution in [-0.2, 0) is 4.79 Å². The molecule has 0 saturated carbocycles. The number of nitrogen functional groups attached to an aromatic ring is 1. The molecule has 0 aliphatic rings. The fourth-order valence-corrected chi connectivity index (χ4v) is 3.42. The number of benzene rings is 2. The van der Waals surface area contributed by atoms with Crippen LogP contribution in [0.2, 0.25) is 0 Å². The molecule has 10 heteroatoms. The lowest BCUT2D eigenvalue weighted by atomic mass is 10.0. The number of pyridine rings is 1. The number of aryl methyl sites for hydroxylation is 1. The number of amidine groups is 1. The first-order valence-electron chi connectivity index (χ1n) is 11.7. The molecule has 6 N–H and O–H groups in total. The van der Waals surface area contributed by atoms with Crippen molar-refractivity contribution in [2.75, 3.05) is 18.5 Å². The summed E-state index contributed by atoms with van der Waals surface area (Å²) < 4.78 is 11.4. The van der Waals surface area contributed by atoms with Crippen LogP contribution in [0.5, 0.6) is 11.5 Å². The van der Waals surface area contributed by atoms with Crippen molar-refractivity contribution in [3.05, 3.63) is 108 Å². The van der Waals surface area contributed by atoms with E-state index in [-0.39, 0.29) is 24.7 Å². The van der Waals surface area contributed by atoms with E-state index >= 15 is 0 Å². The van der Waals surface area contributed by atoms with E-state index in [0.717, 1.165) is 0 Å². The van der Waals surface area contributed by atoms with E-state index in [9.17, 15) is 9.59 Å². The quantitative estimate of drug-likeness (QED) is 0.107. The molecule has 3 rings (SSSR count). The molecule has 1 heterocycles. The summed E-state index contributed by atoms with van der Waals surface area (Å²) in [7, 11) is 0. The molecule has 0 aliphatic heterocycles. The van der Waals surface area contributed by atoms with Crippen molar-refractivity contribution in [3.8, 4) is 11.5 Å². The number of nitrogens with two attached hydrogens (primary N) is 1. The molecule has 10 nitrogen and oxygen atoms in total. The van der Waals surface area contributed by atoms with E-state index < -0.39 is 17.9 Å². The lowest BCUT2D eigenvalue weighted by Gasteiger charge is -2.22. The molecule has 1 aromatic heterocycles. The summed E-state index contributed by atoms with van der Waals surface area (Å²) in [4.78, 5) is 30.0. The molecule has 1 unspecified atom stereocenters. The molecule has 0 radical (unpaired) electrons. The van der Waals surface area contributed by atoms with Crippen LogP contribution in [0.4, 0.5) is 5.69 Å². The Morgan fingerprint density at radius 3 is 2.34 bits per heavy atom. The standard InChI is InChI=1S/C28H30N6O4/c1-4-15-37-22-13-10-20(17-23(22)38-16-5-2)25(32-21-11-8-19(9-12-21)26(29)30)28(36)34-33-27(35)24-18(3)7-6-14-31-24/h4-14,17,25,32H,1-2,15-16H2,3H3,(H3,29,30)(H,33,35)(H,34,36). The van der Waals surface area contributed by atoms with Crippen molar-refractivity contribution in [3.63, 3.8) is 0 Å². The van der Waals surface area contributed by atoms with Crippen molar-refractivity contribution >= 4 is 23.3 Å². The average molecular weight is 515 g/mol. The number of nitrogens with one attached hydrogen (secondary N) is 4. The molecule has 0 fully saturated rings. The monoisotopic (exact) mass is 514 g/mol. The number of hydrogen-bond acceptors (Lipinski definition) is 7. The van der Waals surface area contributed by atoms with E-state index in [0.29, 0.717) is 33.9 Å². The predicted molar refractivity (Wildman–Crippen MR) is 146 cm³/mol. The molecular formula is C28H30N6O4. The van der Waals surface area contributed by atoms with Gasteiger partial charge >= 0.3 is 0 Å². The van der Waals surface area contributed by atoms with E-state index in [1.54, 1.807) is 73.7 Å². The molecule has 0 bridgehead atoms. The summed E-state index contributed by atoms with van der Waals surface area (Å²) in [5.41, 5.74) is 13.0. The minimum absolute atomic E-state index is 0.0718. The highest BCUT2D eigenvalue weighted by atomic mass is 16.5. The minimum Gasteiger partial charge on any atom is -0.486 e. The van der Waals surface area contributed by atoms with Crippen LogP contribution in [0.15, 0.2) is 86.1 Å². The van der Waals surface area contributed by atoms with E-state index in [2.05, 4.69) is 34.3 Å². The molecule has 38 heavy (non-hydrogen) atoms. The van der Waals surface area contributed by atoms with Crippen molar-refractivity contribution in [2.45, 2.75) is 13.0 Å². The van der Waals surface area contributed by atoms with E-state index in [1.165, 1.54) is 6.20 Å². The number of anilines is 1. The van der Waals surface area contributed by atoms with Crippen LogP contribution in [0.1, 0.15) is 33.2 Å². The van der Waals surface area contributed by atoms with Crippen LogP contribution >= 0.6 is 0 Å². The number of carbonyl (C=O) groups excluding carboxylic acids is 2. The summed E-state index contributed by atoms with van der Waals surface area (Å²) in [5.74, 6) is -0.290. The van der Waals surface area contributed by atoms with Gasteiger partial charge in [0.05, 0.1) is 0 Å². The van der Waals surface area contributed by atoms with Gasteiger partial charge in [0.2, 0.25) is 0 Å². The van der Waals surface area contributed by atoms with Gasteiger partial charge < -0.3 is 20.5 Å². The fourth-order valence-electron chi connectivity index (χ4n) is 3.42. The van der Waals surface area contributed by atoms with Gasteiger partial charge in [0, 0.05) is 17.4 Å². The molecule has 0 aliphatic carbocycles. The molecule has 2 amide bonds. The zero-order valence-electron chi connectivity index (χ0n) is 21.0. The predicted octanol–water partition coefficient (Wildman–Crippen LogP) is 3.42. The van der Waals surface area contributed by atoms with Gasteiger partial charge in [-0.25, -0.2) is 0 Å². The van der Waals surface area contributed by atoms with Gasteiger partial charge in [-0.1, -0.05) is 37.4 Å². The zero-order chi connectivity index (χ0) is 27.5. The maximum atomic E-state index is 13.4. The summed E-state index contributed by atoms with van der Waals surface area (Å²) >= 11 is 0. The maximum Gasteiger partial charge on any atom is 0.288 e. The largest absolute Gasteiger partial charge is 0.486 e. The Hall–Kier alpha value is -5.12. The molecule has 2 aromatic carbocycles. The molecule has 0 saturated heterocycles. The second kappa shape index (κ2) is 13.3. The summed E-state index contributed by atoms with van der Waals surface area (Å²) in [5, 5.41) is 10.7. The number of ether oxygens (including phenoxy) is 2. The van der Waals surface area contributed by atoms with Gasteiger partial charge in [-0.15, -0.1) is 0 Å². The summed E-state index contributed by atoms with van der Waals surface area (Å²) in [6.07, 6.45) is 4.71. The topological polar surface area (TPSA) is 151 Å². The summed E-state index contributed by atoms with van der Waals surface area (Å²) in [6.45, 7) is 9.58. The Kier molecular flexibility index (Phi) is 9.59. The Bertz CT molecular complexity index is 1320. The normalized spacial score (nSPS) is 11.0. The van der Waals surface area contributed by atoms with Gasteiger partial charge in [-0.05, 0) is 60.5 Å². The first kappa shape index (κ1) is 27.5. The zero-order valence-corrected chi connectivity index (χ0v) is 21.0. The van der Waals surface area contributed by atoms with Crippen molar-refractivity contribution in [1.29, 1.82) is 5.41 Å². The van der Waals surface area contributed by atoms with Gasteiger partial charge in [0.25, 0.3) is 11.8 Å². The highest BCUT2D eigenvalue weighted by molar-refractivity contribution is 5.96. The van der Waals surface area contributed by atoms with Crippen LogP contribution < -0.4 is 31.4 Å². The third-order valence-corrected chi connectivity index (χ3v) is 5.31.